The van der Waals surface area contributed by atoms with Gasteiger partial charge in [0.1, 0.15) is 5.82 Å². The van der Waals surface area contributed by atoms with Crippen molar-refractivity contribution in [2.24, 2.45) is 0 Å². The van der Waals surface area contributed by atoms with Gasteiger partial charge in [0.15, 0.2) is 0 Å². The van der Waals surface area contributed by atoms with Crippen molar-refractivity contribution in [2.45, 2.75) is 6.54 Å². The van der Waals surface area contributed by atoms with E-state index in [9.17, 15) is 9.18 Å². The maximum Gasteiger partial charge on any atom is 0.258 e. The highest BCUT2D eigenvalue weighted by Crippen LogP contribution is 2.38. The van der Waals surface area contributed by atoms with E-state index in [1.807, 2.05) is 50.5 Å². The van der Waals surface area contributed by atoms with E-state index in [0.29, 0.717) is 22.5 Å². The van der Waals surface area contributed by atoms with Crippen LogP contribution in [-0.4, -0.2) is 24.9 Å². The molecule has 3 aromatic carbocycles. The van der Waals surface area contributed by atoms with Crippen LogP contribution in [0.2, 0.25) is 0 Å². The van der Waals surface area contributed by atoms with Crippen molar-refractivity contribution in [2.75, 3.05) is 24.7 Å². The summed E-state index contributed by atoms with van der Waals surface area (Å²) in [7, 11) is 4.06. The molecule has 0 bridgehead atoms. The molecular weight excluding hydrogens is 492 g/mol. The van der Waals surface area contributed by atoms with Crippen LogP contribution < -0.4 is 10.6 Å². The maximum atomic E-state index is 13.7. The SMILES string of the molecule is CN(C)Cc1ccc(NC(=C2C(=O)Nc3cc(F)ccc32)c2ccc(I)cc2)cc1. The standard InChI is InChI=1S/C24H21FIN3O/c1-29(2)14-15-3-10-19(11-4-15)27-23(16-5-8-18(26)9-6-16)22-20-12-7-17(25)13-21(20)28-24(22)30/h3-13,27H,14H2,1-2H3,(H,28,30). The van der Waals surface area contributed by atoms with Gasteiger partial charge in [-0.3, -0.25) is 4.79 Å². The molecule has 0 radical (unpaired) electrons. The Balaban J connectivity index is 1.79. The molecule has 4 rings (SSSR count). The number of fused-ring (bicyclic) bond motifs is 1. The lowest BCUT2D eigenvalue weighted by Gasteiger charge is -2.16. The number of carbonyl (C=O) groups excluding carboxylic acids is 1. The topological polar surface area (TPSA) is 44.4 Å². The summed E-state index contributed by atoms with van der Waals surface area (Å²) < 4.78 is 14.8. The fourth-order valence-electron chi connectivity index (χ4n) is 3.49. The Morgan fingerprint density at radius 2 is 1.73 bits per heavy atom. The second kappa shape index (κ2) is 8.57. The van der Waals surface area contributed by atoms with E-state index in [1.54, 1.807) is 6.07 Å². The predicted octanol–water partition coefficient (Wildman–Crippen LogP) is 5.42. The third-order valence-electron chi connectivity index (χ3n) is 4.83. The van der Waals surface area contributed by atoms with E-state index in [0.717, 1.165) is 21.4 Å². The minimum atomic E-state index is -0.379. The van der Waals surface area contributed by atoms with Crippen LogP contribution in [0, 0.1) is 9.39 Å². The van der Waals surface area contributed by atoms with Crippen molar-refractivity contribution in [3.8, 4) is 0 Å². The number of nitrogens with zero attached hydrogens (tertiary/aromatic N) is 1. The molecule has 0 fully saturated rings. The van der Waals surface area contributed by atoms with Crippen molar-refractivity contribution < 1.29 is 9.18 Å². The highest BCUT2D eigenvalue weighted by Gasteiger charge is 2.28. The van der Waals surface area contributed by atoms with Gasteiger partial charge in [-0.15, -0.1) is 0 Å². The number of carbonyl (C=O) groups is 1. The fourth-order valence-corrected chi connectivity index (χ4v) is 3.85. The van der Waals surface area contributed by atoms with E-state index < -0.39 is 0 Å². The van der Waals surface area contributed by atoms with Crippen LogP contribution in [0.3, 0.4) is 0 Å². The first-order valence-corrected chi connectivity index (χ1v) is 10.6. The molecule has 4 nitrogen and oxygen atoms in total. The lowest BCUT2D eigenvalue weighted by Crippen LogP contribution is -2.11. The molecule has 0 saturated heterocycles. The second-order valence-electron chi connectivity index (χ2n) is 7.46. The third kappa shape index (κ3) is 4.39. The zero-order valence-corrected chi connectivity index (χ0v) is 18.8. The summed E-state index contributed by atoms with van der Waals surface area (Å²) in [5, 5.41) is 6.21. The molecule has 1 heterocycles. The van der Waals surface area contributed by atoms with Gasteiger partial charge >= 0.3 is 0 Å². The predicted molar refractivity (Wildman–Crippen MR) is 128 cm³/mol. The number of amides is 1. The van der Waals surface area contributed by atoms with Crippen molar-refractivity contribution in [1.82, 2.24) is 4.90 Å². The van der Waals surface area contributed by atoms with Gasteiger partial charge in [-0.05, 0) is 90.3 Å². The Morgan fingerprint density at radius 1 is 1.03 bits per heavy atom. The Hall–Kier alpha value is -2.71. The highest BCUT2D eigenvalue weighted by molar-refractivity contribution is 14.1. The molecule has 0 aromatic heterocycles. The summed E-state index contributed by atoms with van der Waals surface area (Å²) in [6.07, 6.45) is 0. The first-order valence-electron chi connectivity index (χ1n) is 9.53. The quantitative estimate of drug-likeness (QED) is 0.354. The van der Waals surface area contributed by atoms with Crippen LogP contribution in [0.5, 0.6) is 0 Å². The largest absolute Gasteiger partial charge is 0.354 e. The third-order valence-corrected chi connectivity index (χ3v) is 5.55. The molecule has 3 aromatic rings. The highest BCUT2D eigenvalue weighted by atomic mass is 127. The second-order valence-corrected chi connectivity index (χ2v) is 8.71. The average Bonchev–Trinajstić information content (AvgIpc) is 3.02. The number of hydrogen-bond acceptors (Lipinski definition) is 3. The zero-order chi connectivity index (χ0) is 21.3. The zero-order valence-electron chi connectivity index (χ0n) is 16.7. The van der Waals surface area contributed by atoms with Crippen LogP contribution in [0.15, 0.2) is 66.7 Å². The van der Waals surface area contributed by atoms with Crippen LogP contribution in [0.25, 0.3) is 11.3 Å². The molecule has 152 valence electrons. The lowest BCUT2D eigenvalue weighted by atomic mass is 10.00. The van der Waals surface area contributed by atoms with Gasteiger partial charge in [0, 0.05) is 21.4 Å². The smallest absolute Gasteiger partial charge is 0.258 e. The Morgan fingerprint density at radius 3 is 2.40 bits per heavy atom. The van der Waals surface area contributed by atoms with Crippen LogP contribution in [-0.2, 0) is 11.3 Å². The summed E-state index contributed by atoms with van der Waals surface area (Å²) in [5.41, 5.74) is 5.33. The number of hydrogen-bond donors (Lipinski definition) is 2. The summed E-state index contributed by atoms with van der Waals surface area (Å²) in [6.45, 7) is 0.854. The van der Waals surface area contributed by atoms with E-state index in [-0.39, 0.29) is 11.7 Å². The van der Waals surface area contributed by atoms with Gasteiger partial charge in [0.2, 0.25) is 0 Å². The molecule has 0 unspecified atom stereocenters. The van der Waals surface area contributed by atoms with Gasteiger partial charge in [0.05, 0.1) is 17.0 Å². The lowest BCUT2D eigenvalue weighted by molar-refractivity contribution is -0.110. The van der Waals surface area contributed by atoms with Gasteiger partial charge in [0.25, 0.3) is 5.91 Å². The summed E-state index contributed by atoms with van der Waals surface area (Å²) >= 11 is 2.25. The molecule has 2 N–H and O–H groups in total. The number of nitrogens with one attached hydrogen (secondary N) is 2. The monoisotopic (exact) mass is 513 g/mol. The van der Waals surface area contributed by atoms with Gasteiger partial charge in [-0.25, -0.2) is 4.39 Å². The van der Waals surface area contributed by atoms with E-state index in [1.165, 1.54) is 17.7 Å². The van der Waals surface area contributed by atoms with Crippen molar-refractivity contribution in [1.29, 1.82) is 0 Å². The van der Waals surface area contributed by atoms with Crippen molar-refractivity contribution in [3.63, 3.8) is 0 Å². The van der Waals surface area contributed by atoms with Crippen LogP contribution in [0.1, 0.15) is 16.7 Å². The van der Waals surface area contributed by atoms with E-state index in [4.69, 9.17) is 0 Å². The Labute approximate surface area is 188 Å². The summed E-state index contributed by atoms with van der Waals surface area (Å²) in [6, 6.07) is 20.5. The molecule has 6 heteroatoms. The molecule has 1 aliphatic heterocycles. The first-order chi connectivity index (χ1) is 14.4. The molecule has 0 spiro atoms. The normalized spacial score (nSPS) is 14.5. The van der Waals surface area contributed by atoms with Crippen molar-refractivity contribution in [3.05, 3.63) is 92.8 Å². The minimum Gasteiger partial charge on any atom is -0.354 e. The molecular formula is C24H21FIN3O. The summed E-state index contributed by atoms with van der Waals surface area (Å²) in [4.78, 5) is 15.0. The number of rotatable bonds is 5. The van der Waals surface area contributed by atoms with Crippen molar-refractivity contribution >= 4 is 51.1 Å². The molecule has 30 heavy (non-hydrogen) atoms. The molecule has 1 amide bonds. The van der Waals surface area contributed by atoms with Crippen LogP contribution >= 0.6 is 22.6 Å². The number of halogens is 2. The molecule has 0 saturated carbocycles. The van der Waals surface area contributed by atoms with Gasteiger partial charge in [-0.2, -0.15) is 0 Å². The van der Waals surface area contributed by atoms with Crippen LogP contribution in [0.4, 0.5) is 15.8 Å². The molecule has 1 aliphatic rings. The Kier molecular flexibility index (Phi) is 5.87. The minimum absolute atomic E-state index is 0.249. The number of anilines is 2. The Bertz CT molecular complexity index is 1120. The summed E-state index contributed by atoms with van der Waals surface area (Å²) in [5.74, 6) is -0.628. The van der Waals surface area contributed by atoms with E-state index in [2.05, 4.69) is 50.3 Å². The fraction of sp³-hybridized carbons (Fsp3) is 0.125. The average molecular weight is 513 g/mol. The van der Waals surface area contributed by atoms with E-state index >= 15 is 0 Å². The number of benzene rings is 3. The molecule has 0 atom stereocenters. The molecule has 0 aliphatic carbocycles. The van der Waals surface area contributed by atoms with Gasteiger partial charge in [-0.1, -0.05) is 24.3 Å². The van der Waals surface area contributed by atoms with Gasteiger partial charge < -0.3 is 15.5 Å². The first kappa shape index (κ1) is 20.6. The maximum absolute atomic E-state index is 13.7.